The van der Waals surface area contributed by atoms with E-state index in [1.807, 2.05) is 32.0 Å². The lowest BCUT2D eigenvalue weighted by Crippen LogP contribution is -2.06. The van der Waals surface area contributed by atoms with Gasteiger partial charge in [0.15, 0.2) is 0 Å². The fourth-order valence-electron chi connectivity index (χ4n) is 2.01. The molecule has 0 atom stereocenters. The molecule has 0 aliphatic heterocycles. The minimum absolute atomic E-state index is 0.527. The molecule has 0 saturated carbocycles. The maximum absolute atomic E-state index is 5.74. The topological polar surface area (TPSA) is 47.0 Å². The predicted octanol–water partition coefficient (Wildman–Crippen LogP) is 3.74. The van der Waals surface area contributed by atoms with Crippen molar-refractivity contribution in [3.63, 3.8) is 0 Å². The number of anilines is 1. The van der Waals surface area contributed by atoms with Gasteiger partial charge in [0.2, 0.25) is 0 Å². The SMILES string of the molecule is Cc1cc(NCc2cccc(OCC(C)C)c2)nc(C)n1. The predicted molar refractivity (Wildman–Crippen MR) is 85.6 cm³/mol. The van der Waals surface area contributed by atoms with Crippen LogP contribution in [0.5, 0.6) is 5.75 Å². The molecule has 0 aliphatic carbocycles. The summed E-state index contributed by atoms with van der Waals surface area (Å²) in [5, 5.41) is 3.33. The lowest BCUT2D eigenvalue weighted by atomic mass is 10.2. The second-order valence-corrected chi connectivity index (χ2v) is 5.65. The van der Waals surface area contributed by atoms with E-state index in [4.69, 9.17) is 4.74 Å². The van der Waals surface area contributed by atoms with Gasteiger partial charge in [0.25, 0.3) is 0 Å². The highest BCUT2D eigenvalue weighted by Crippen LogP contribution is 2.15. The number of aromatic nitrogens is 2. The van der Waals surface area contributed by atoms with E-state index in [9.17, 15) is 0 Å². The van der Waals surface area contributed by atoms with Crippen molar-refractivity contribution in [2.45, 2.75) is 34.2 Å². The van der Waals surface area contributed by atoms with E-state index in [1.165, 1.54) is 5.56 Å². The summed E-state index contributed by atoms with van der Waals surface area (Å²) in [5.74, 6) is 3.08. The molecule has 0 aliphatic rings. The van der Waals surface area contributed by atoms with E-state index in [1.54, 1.807) is 0 Å². The minimum Gasteiger partial charge on any atom is -0.493 e. The largest absolute Gasteiger partial charge is 0.493 e. The van der Waals surface area contributed by atoms with Gasteiger partial charge in [-0.1, -0.05) is 26.0 Å². The third-order valence-corrected chi connectivity index (χ3v) is 2.92. The van der Waals surface area contributed by atoms with Crippen molar-refractivity contribution in [2.24, 2.45) is 5.92 Å². The van der Waals surface area contributed by atoms with Crippen molar-refractivity contribution in [3.05, 3.63) is 47.4 Å². The molecule has 4 heteroatoms. The van der Waals surface area contributed by atoms with Crippen LogP contribution >= 0.6 is 0 Å². The second-order valence-electron chi connectivity index (χ2n) is 5.65. The minimum atomic E-state index is 0.527. The number of aryl methyl sites for hydroxylation is 2. The Hall–Kier alpha value is -2.10. The molecule has 4 nitrogen and oxygen atoms in total. The molecular formula is C17H23N3O. The number of benzene rings is 1. The zero-order valence-electron chi connectivity index (χ0n) is 13.2. The first-order valence-corrected chi connectivity index (χ1v) is 7.31. The Balaban J connectivity index is 1.98. The van der Waals surface area contributed by atoms with E-state index in [0.717, 1.165) is 36.2 Å². The molecule has 0 bridgehead atoms. The fraction of sp³-hybridized carbons (Fsp3) is 0.412. The molecule has 2 aromatic rings. The molecule has 1 aromatic carbocycles. The standard InChI is InChI=1S/C17H23N3O/c1-12(2)11-21-16-7-5-6-15(9-16)10-18-17-8-13(3)19-14(4)20-17/h5-9,12H,10-11H2,1-4H3,(H,18,19,20). The van der Waals surface area contributed by atoms with Crippen LogP contribution in [-0.4, -0.2) is 16.6 Å². The van der Waals surface area contributed by atoms with Gasteiger partial charge in [0, 0.05) is 18.3 Å². The fourth-order valence-corrected chi connectivity index (χ4v) is 2.01. The van der Waals surface area contributed by atoms with Crippen LogP contribution in [0.25, 0.3) is 0 Å². The van der Waals surface area contributed by atoms with E-state index in [2.05, 4.69) is 41.3 Å². The van der Waals surface area contributed by atoms with E-state index >= 15 is 0 Å². The Morgan fingerprint density at radius 1 is 1.14 bits per heavy atom. The first-order valence-electron chi connectivity index (χ1n) is 7.31. The number of ether oxygens (including phenoxy) is 1. The van der Waals surface area contributed by atoms with E-state index in [-0.39, 0.29) is 0 Å². The molecule has 1 heterocycles. The van der Waals surface area contributed by atoms with Crippen LogP contribution in [0.3, 0.4) is 0 Å². The van der Waals surface area contributed by atoms with Gasteiger partial charge >= 0.3 is 0 Å². The number of hydrogen-bond acceptors (Lipinski definition) is 4. The molecule has 21 heavy (non-hydrogen) atoms. The van der Waals surface area contributed by atoms with Crippen molar-refractivity contribution >= 4 is 5.82 Å². The summed E-state index contributed by atoms with van der Waals surface area (Å²) in [6, 6.07) is 10.1. The number of nitrogens with zero attached hydrogens (tertiary/aromatic N) is 2. The van der Waals surface area contributed by atoms with Gasteiger partial charge < -0.3 is 10.1 Å². The van der Waals surface area contributed by atoms with Gasteiger partial charge in [-0.15, -0.1) is 0 Å². The third kappa shape index (κ3) is 5.06. The Morgan fingerprint density at radius 3 is 2.67 bits per heavy atom. The molecule has 0 spiro atoms. The monoisotopic (exact) mass is 285 g/mol. The zero-order chi connectivity index (χ0) is 15.2. The van der Waals surface area contributed by atoms with E-state index in [0.29, 0.717) is 5.92 Å². The maximum atomic E-state index is 5.74. The van der Waals surface area contributed by atoms with Gasteiger partial charge in [0.1, 0.15) is 17.4 Å². The normalized spacial score (nSPS) is 10.7. The Kier molecular flexibility index (Phi) is 5.14. The molecule has 2 rings (SSSR count). The van der Waals surface area contributed by atoms with Crippen LogP contribution < -0.4 is 10.1 Å². The molecule has 1 aromatic heterocycles. The Bertz CT molecular complexity index is 576. The highest BCUT2D eigenvalue weighted by Gasteiger charge is 2.01. The Labute approximate surface area is 126 Å². The summed E-state index contributed by atoms with van der Waals surface area (Å²) in [5.41, 5.74) is 2.14. The average Bonchev–Trinajstić information content (AvgIpc) is 2.42. The first-order chi connectivity index (χ1) is 10.0. The summed E-state index contributed by atoms with van der Waals surface area (Å²) < 4.78 is 5.74. The number of hydrogen-bond donors (Lipinski definition) is 1. The van der Waals surface area contributed by atoms with Crippen molar-refractivity contribution in [1.29, 1.82) is 0 Å². The average molecular weight is 285 g/mol. The molecule has 0 radical (unpaired) electrons. The van der Waals surface area contributed by atoms with Crippen LogP contribution in [0.15, 0.2) is 30.3 Å². The highest BCUT2D eigenvalue weighted by molar-refractivity contribution is 5.38. The molecule has 0 unspecified atom stereocenters. The van der Waals surface area contributed by atoms with Gasteiger partial charge in [-0.05, 0) is 37.5 Å². The van der Waals surface area contributed by atoms with Crippen LogP contribution in [0.4, 0.5) is 5.82 Å². The van der Waals surface area contributed by atoms with Crippen molar-refractivity contribution in [2.75, 3.05) is 11.9 Å². The van der Waals surface area contributed by atoms with Crippen LogP contribution in [0, 0.1) is 19.8 Å². The molecular weight excluding hydrogens is 262 g/mol. The van der Waals surface area contributed by atoms with Crippen molar-refractivity contribution in [1.82, 2.24) is 9.97 Å². The lowest BCUT2D eigenvalue weighted by molar-refractivity contribution is 0.271. The van der Waals surface area contributed by atoms with Gasteiger partial charge in [-0.3, -0.25) is 0 Å². The molecule has 0 saturated heterocycles. The smallest absolute Gasteiger partial charge is 0.130 e. The molecule has 0 fully saturated rings. The molecule has 0 amide bonds. The van der Waals surface area contributed by atoms with Crippen LogP contribution in [0.1, 0.15) is 30.9 Å². The molecule has 1 N–H and O–H groups in total. The third-order valence-electron chi connectivity index (χ3n) is 2.92. The van der Waals surface area contributed by atoms with Crippen LogP contribution in [-0.2, 0) is 6.54 Å². The lowest BCUT2D eigenvalue weighted by Gasteiger charge is -2.11. The van der Waals surface area contributed by atoms with Gasteiger partial charge in [-0.2, -0.15) is 0 Å². The number of nitrogens with one attached hydrogen (secondary N) is 1. The highest BCUT2D eigenvalue weighted by atomic mass is 16.5. The van der Waals surface area contributed by atoms with Gasteiger partial charge in [-0.25, -0.2) is 9.97 Å². The molecule has 112 valence electrons. The second kappa shape index (κ2) is 7.07. The maximum Gasteiger partial charge on any atom is 0.130 e. The van der Waals surface area contributed by atoms with Gasteiger partial charge in [0.05, 0.1) is 6.61 Å². The zero-order valence-corrected chi connectivity index (χ0v) is 13.2. The summed E-state index contributed by atoms with van der Waals surface area (Å²) in [4.78, 5) is 8.65. The quantitative estimate of drug-likeness (QED) is 0.878. The van der Waals surface area contributed by atoms with Crippen molar-refractivity contribution < 1.29 is 4.74 Å². The summed E-state index contributed by atoms with van der Waals surface area (Å²) >= 11 is 0. The Morgan fingerprint density at radius 2 is 1.95 bits per heavy atom. The van der Waals surface area contributed by atoms with Crippen LogP contribution in [0.2, 0.25) is 0 Å². The van der Waals surface area contributed by atoms with Crippen molar-refractivity contribution in [3.8, 4) is 5.75 Å². The van der Waals surface area contributed by atoms with E-state index < -0.39 is 0 Å². The summed E-state index contributed by atoms with van der Waals surface area (Å²) in [6.45, 7) is 9.62. The summed E-state index contributed by atoms with van der Waals surface area (Å²) in [7, 11) is 0. The first kappa shape index (κ1) is 15.3. The summed E-state index contributed by atoms with van der Waals surface area (Å²) in [6.07, 6.45) is 0. The number of rotatable bonds is 6.